The van der Waals surface area contributed by atoms with Gasteiger partial charge in [-0.2, -0.15) is 0 Å². The summed E-state index contributed by atoms with van der Waals surface area (Å²) < 4.78 is 42.5. The molecule has 0 saturated carbocycles. The largest absolute Gasteiger partial charge is 0.494 e. The summed E-state index contributed by atoms with van der Waals surface area (Å²) in [6.45, 7) is 2.75. The number of amides is 1. The number of rotatable bonds is 9. The minimum Gasteiger partial charge on any atom is -0.494 e. The van der Waals surface area contributed by atoms with Gasteiger partial charge < -0.3 is 19.5 Å². The first kappa shape index (κ1) is 21.8. The quantitative estimate of drug-likeness (QED) is 0.650. The van der Waals surface area contributed by atoms with E-state index < -0.39 is 15.9 Å². The van der Waals surface area contributed by atoms with Crippen LogP contribution in [0.15, 0.2) is 48.5 Å². The van der Waals surface area contributed by atoms with Gasteiger partial charge in [-0.15, -0.1) is 0 Å². The van der Waals surface area contributed by atoms with Crippen molar-refractivity contribution in [2.75, 3.05) is 36.9 Å². The molecule has 0 bridgehead atoms. The van der Waals surface area contributed by atoms with E-state index in [2.05, 4.69) is 5.32 Å². The van der Waals surface area contributed by atoms with Gasteiger partial charge in [0.25, 0.3) is 0 Å². The van der Waals surface area contributed by atoms with E-state index in [4.69, 9.17) is 14.2 Å². The molecule has 0 aromatic heterocycles. The van der Waals surface area contributed by atoms with Crippen molar-refractivity contribution < 1.29 is 27.4 Å². The highest BCUT2D eigenvalue weighted by Crippen LogP contribution is 2.30. The molecule has 0 spiro atoms. The number of ether oxygens (including phenoxy) is 3. The number of hydrogen-bond acceptors (Lipinski definition) is 6. The predicted octanol–water partition coefficient (Wildman–Crippen LogP) is 2.20. The maximum Gasteiger partial charge on any atom is 0.240 e. The first-order chi connectivity index (χ1) is 14.4. The minimum absolute atomic E-state index is 0.203. The molecule has 2 aromatic carbocycles. The highest BCUT2D eigenvalue weighted by molar-refractivity contribution is 7.92. The third kappa shape index (κ3) is 5.79. The Hall–Kier alpha value is -2.94. The number of benzene rings is 2. The van der Waals surface area contributed by atoms with Crippen molar-refractivity contribution in [3.63, 3.8) is 0 Å². The Balaban J connectivity index is 1.58. The lowest BCUT2D eigenvalue weighted by molar-refractivity contribution is -0.120. The zero-order chi connectivity index (χ0) is 21.6. The molecule has 0 fully saturated rings. The summed E-state index contributed by atoms with van der Waals surface area (Å²) >= 11 is 0. The fourth-order valence-electron chi connectivity index (χ4n) is 2.91. The second-order valence-electron chi connectivity index (χ2n) is 6.91. The molecule has 0 aliphatic carbocycles. The third-order valence-corrected chi connectivity index (χ3v) is 5.52. The monoisotopic (exact) mass is 434 g/mol. The van der Waals surface area contributed by atoms with Gasteiger partial charge in [0.1, 0.15) is 25.0 Å². The van der Waals surface area contributed by atoms with E-state index in [9.17, 15) is 13.2 Å². The average molecular weight is 435 g/mol. The molecule has 1 aliphatic rings. The summed E-state index contributed by atoms with van der Waals surface area (Å²) in [5.41, 5.74) is 0.391. The number of fused-ring (bicyclic) bond motifs is 1. The topological polar surface area (TPSA) is 94.2 Å². The van der Waals surface area contributed by atoms with Crippen LogP contribution in [0.3, 0.4) is 0 Å². The van der Waals surface area contributed by atoms with Crippen molar-refractivity contribution in [1.82, 2.24) is 5.32 Å². The van der Waals surface area contributed by atoms with E-state index in [0.29, 0.717) is 36.1 Å². The van der Waals surface area contributed by atoms with Crippen LogP contribution in [0.4, 0.5) is 5.69 Å². The third-order valence-electron chi connectivity index (χ3n) is 4.38. The lowest BCUT2D eigenvalue weighted by Gasteiger charge is -2.27. The zero-order valence-electron chi connectivity index (χ0n) is 17.0. The SMILES string of the molecule is CCCOc1ccc(N(CC(=O)NC[C@H]2COc3ccccc3O2)S(C)(=O)=O)cc1. The van der Waals surface area contributed by atoms with Gasteiger partial charge in [-0.3, -0.25) is 9.10 Å². The molecule has 1 heterocycles. The number of para-hydroxylation sites is 2. The summed E-state index contributed by atoms with van der Waals surface area (Å²) in [5, 5.41) is 2.72. The summed E-state index contributed by atoms with van der Waals surface area (Å²) in [6.07, 6.45) is 1.58. The number of carbonyl (C=O) groups is 1. The zero-order valence-corrected chi connectivity index (χ0v) is 17.9. The second-order valence-corrected chi connectivity index (χ2v) is 8.82. The Morgan fingerprint density at radius 2 is 1.87 bits per heavy atom. The fourth-order valence-corrected chi connectivity index (χ4v) is 3.76. The molecule has 3 rings (SSSR count). The highest BCUT2D eigenvalue weighted by Gasteiger charge is 2.24. The summed E-state index contributed by atoms with van der Waals surface area (Å²) in [6, 6.07) is 13.9. The van der Waals surface area contributed by atoms with Crippen LogP contribution in [0.5, 0.6) is 17.2 Å². The highest BCUT2D eigenvalue weighted by atomic mass is 32.2. The van der Waals surface area contributed by atoms with Crippen LogP contribution in [-0.2, 0) is 14.8 Å². The first-order valence-corrected chi connectivity index (χ1v) is 11.6. The van der Waals surface area contributed by atoms with E-state index in [1.54, 1.807) is 30.3 Å². The standard InChI is InChI=1S/C21H26N2O6S/c1-3-12-27-17-10-8-16(9-11-17)23(30(2,25)26)14-21(24)22-13-18-15-28-19-6-4-5-7-20(19)29-18/h4-11,18H,3,12-15H2,1-2H3,(H,22,24)/t18-/m0/s1. The Morgan fingerprint density at radius 1 is 1.17 bits per heavy atom. The van der Waals surface area contributed by atoms with E-state index in [-0.39, 0.29) is 19.2 Å². The Bertz CT molecular complexity index is 962. The number of carbonyl (C=O) groups excluding carboxylic acids is 1. The summed E-state index contributed by atoms with van der Waals surface area (Å²) in [5.74, 6) is 1.49. The maximum atomic E-state index is 12.4. The van der Waals surface area contributed by atoms with Crippen molar-refractivity contribution in [3.8, 4) is 17.2 Å². The molecule has 8 nitrogen and oxygen atoms in total. The fraction of sp³-hybridized carbons (Fsp3) is 0.381. The molecule has 162 valence electrons. The van der Waals surface area contributed by atoms with Crippen molar-refractivity contribution in [2.24, 2.45) is 0 Å². The van der Waals surface area contributed by atoms with Gasteiger partial charge in [-0.05, 0) is 42.8 Å². The number of nitrogens with one attached hydrogen (secondary N) is 1. The van der Waals surface area contributed by atoms with E-state index in [1.807, 2.05) is 25.1 Å². The van der Waals surface area contributed by atoms with Gasteiger partial charge in [-0.25, -0.2) is 8.42 Å². The van der Waals surface area contributed by atoms with Crippen LogP contribution in [0.1, 0.15) is 13.3 Å². The van der Waals surface area contributed by atoms with Crippen molar-refractivity contribution in [1.29, 1.82) is 0 Å². The maximum absolute atomic E-state index is 12.4. The Morgan fingerprint density at radius 3 is 2.53 bits per heavy atom. The molecular formula is C21H26N2O6S. The molecule has 1 N–H and O–H groups in total. The number of nitrogens with zero attached hydrogens (tertiary/aromatic N) is 1. The van der Waals surface area contributed by atoms with Gasteiger partial charge >= 0.3 is 0 Å². The number of anilines is 1. The molecule has 0 saturated heterocycles. The molecule has 1 atom stereocenters. The Labute approximate surface area is 176 Å². The molecule has 1 amide bonds. The second kappa shape index (κ2) is 9.71. The Kier molecular flexibility index (Phi) is 7.04. The normalized spacial score (nSPS) is 15.3. The number of hydrogen-bond donors (Lipinski definition) is 1. The minimum atomic E-state index is -3.65. The van der Waals surface area contributed by atoms with Gasteiger partial charge in [0, 0.05) is 0 Å². The van der Waals surface area contributed by atoms with Crippen LogP contribution in [0.2, 0.25) is 0 Å². The molecular weight excluding hydrogens is 408 g/mol. The molecule has 2 aromatic rings. The lowest BCUT2D eigenvalue weighted by atomic mass is 10.2. The first-order valence-electron chi connectivity index (χ1n) is 9.72. The van der Waals surface area contributed by atoms with Crippen LogP contribution in [-0.4, -0.2) is 53.0 Å². The molecule has 30 heavy (non-hydrogen) atoms. The summed E-state index contributed by atoms with van der Waals surface area (Å²) in [7, 11) is -3.65. The van der Waals surface area contributed by atoms with Crippen LogP contribution >= 0.6 is 0 Å². The van der Waals surface area contributed by atoms with Crippen LogP contribution in [0.25, 0.3) is 0 Å². The smallest absolute Gasteiger partial charge is 0.240 e. The van der Waals surface area contributed by atoms with E-state index >= 15 is 0 Å². The summed E-state index contributed by atoms with van der Waals surface area (Å²) in [4.78, 5) is 12.4. The average Bonchev–Trinajstić information content (AvgIpc) is 2.74. The van der Waals surface area contributed by atoms with E-state index in [0.717, 1.165) is 17.0 Å². The van der Waals surface area contributed by atoms with Crippen molar-refractivity contribution in [2.45, 2.75) is 19.4 Å². The van der Waals surface area contributed by atoms with Gasteiger partial charge in [0.2, 0.25) is 15.9 Å². The lowest BCUT2D eigenvalue weighted by Crippen LogP contribution is -2.45. The van der Waals surface area contributed by atoms with Gasteiger partial charge in [0.15, 0.2) is 11.5 Å². The van der Waals surface area contributed by atoms with Crippen molar-refractivity contribution >= 4 is 21.6 Å². The van der Waals surface area contributed by atoms with Gasteiger partial charge in [-0.1, -0.05) is 19.1 Å². The van der Waals surface area contributed by atoms with Gasteiger partial charge in [0.05, 0.1) is 25.1 Å². The molecule has 0 radical (unpaired) electrons. The number of sulfonamides is 1. The molecule has 1 aliphatic heterocycles. The molecule has 9 heteroatoms. The van der Waals surface area contributed by atoms with Crippen molar-refractivity contribution in [3.05, 3.63) is 48.5 Å². The molecule has 0 unspecified atom stereocenters. The predicted molar refractivity (Wildman–Crippen MR) is 114 cm³/mol. The van der Waals surface area contributed by atoms with Crippen LogP contribution < -0.4 is 23.8 Å². The van der Waals surface area contributed by atoms with Crippen LogP contribution in [0, 0.1) is 0 Å². The van der Waals surface area contributed by atoms with E-state index in [1.165, 1.54) is 0 Å².